The summed E-state index contributed by atoms with van der Waals surface area (Å²) in [5, 5.41) is 29.7. The van der Waals surface area contributed by atoms with E-state index in [2.05, 4.69) is 31.2 Å². The number of amides is 4. The number of carboxylic acid groups (broad SMARTS) is 2. The molecule has 43 heavy (non-hydrogen) atoms. The summed E-state index contributed by atoms with van der Waals surface area (Å²) in [5.41, 5.74) is -2.42. The number of nitrogens with one attached hydrogen (secondary N) is 4. The molecular formula is C27H40N8O8. The van der Waals surface area contributed by atoms with Gasteiger partial charge in [-0.1, -0.05) is 0 Å². The van der Waals surface area contributed by atoms with Crippen LogP contribution < -0.4 is 21.3 Å². The molecule has 0 radical (unpaired) electrons. The summed E-state index contributed by atoms with van der Waals surface area (Å²) in [6.07, 6.45) is 9.21. The number of carbonyl (C=O) groups excluding carboxylic acids is 4. The third kappa shape index (κ3) is 11.6. The van der Waals surface area contributed by atoms with Crippen molar-refractivity contribution in [3.8, 4) is 0 Å². The lowest BCUT2D eigenvalue weighted by Gasteiger charge is -2.25. The fourth-order valence-corrected chi connectivity index (χ4v) is 4.15. The minimum atomic E-state index is -2.42. The van der Waals surface area contributed by atoms with Crippen LogP contribution in [0.3, 0.4) is 0 Å². The maximum absolute atomic E-state index is 12.5. The molecule has 2 atom stereocenters. The topological polar surface area (TPSA) is 227 Å². The summed E-state index contributed by atoms with van der Waals surface area (Å²) in [6, 6.07) is -1.87. The Hall–Kier alpha value is -4.76. The van der Waals surface area contributed by atoms with Gasteiger partial charge in [-0.2, -0.15) is 0 Å². The van der Waals surface area contributed by atoms with E-state index in [-0.39, 0.29) is 0 Å². The lowest BCUT2D eigenvalue weighted by Crippen LogP contribution is -2.47. The Morgan fingerprint density at radius 2 is 1.12 bits per heavy atom. The van der Waals surface area contributed by atoms with Crippen LogP contribution in [0.15, 0.2) is 37.4 Å². The molecule has 0 aliphatic carbocycles. The van der Waals surface area contributed by atoms with Gasteiger partial charge in [0.2, 0.25) is 23.6 Å². The molecule has 0 saturated carbocycles. The van der Waals surface area contributed by atoms with Crippen molar-refractivity contribution < 1.29 is 39.0 Å². The maximum atomic E-state index is 12.5. The Morgan fingerprint density at radius 3 is 1.44 bits per heavy atom. The predicted octanol–water partition coefficient (Wildman–Crippen LogP) is -0.482. The second kappa shape index (κ2) is 17.3. The monoisotopic (exact) mass is 604 g/mol. The molecule has 0 spiro atoms. The fourth-order valence-electron chi connectivity index (χ4n) is 4.15. The van der Waals surface area contributed by atoms with Crippen LogP contribution in [0.4, 0.5) is 0 Å². The van der Waals surface area contributed by atoms with E-state index in [1.807, 2.05) is 9.13 Å². The molecule has 2 unspecified atom stereocenters. The van der Waals surface area contributed by atoms with E-state index in [1.54, 1.807) is 37.4 Å². The van der Waals surface area contributed by atoms with Gasteiger partial charge in [-0.15, -0.1) is 0 Å². The van der Waals surface area contributed by atoms with Crippen LogP contribution in [-0.4, -0.2) is 90.1 Å². The zero-order chi connectivity index (χ0) is 31.8. The molecule has 0 fully saturated rings. The van der Waals surface area contributed by atoms with Crippen molar-refractivity contribution in [3.63, 3.8) is 0 Å². The average molecular weight is 605 g/mol. The Bertz CT molecular complexity index is 1120. The molecule has 0 saturated heterocycles. The van der Waals surface area contributed by atoms with Gasteiger partial charge < -0.3 is 40.6 Å². The van der Waals surface area contributed by atoms with Crippen LogP contribution in [0.25, 0.3) is 0 Å². The van der Waals surface area contributed by atoms with Gasteiger partial charge >= 0.3 is 11.9 Å². The number of rotatable bonds is 20. The van der Waals surface area contributed by atoms with Crippen molar-refractivity contribution in [1.82, 2.24) is 40.4 Å². The lowest BCUT2D eigenvalue weighted by atomic mass is 9.78. The first-order chi connectivity index (χ1) is 20.4. The quantitative estimate of drug-likeness (QED) is 0.0840. The van der Waals surface area contributed by atoms with Crippen molar-refractivity contribution in [2.75, 3.05) is 13.1 Å². The molecule has 2 heterocycles. The van der Waals surface area contributed by atoms with E-state index in [4.69, 9.17) is 0 Å². The molecule has 0 aliphatic rings. The molecular weight excluding hydrogens is 564 g/mol. The first-order valence-electron chi connectivity index (χ1n) is 14.0. The second-order valence-corrected chi connectivity index (χ2v) is 10.2. The SMILES string of the molecule is CC(NC(=O)CCC(CCC(=O)NC(C)C(=O)NCCCn1ccnc1)(C(=O)O)C(=O)O)C(=O)NCCCn1ccnc1. The highest BCUT2D eigenvalue weighted by Crippen LogP contribution is 2.31. The normalized spacial score (nSPS) is 12.5. The number of hydrogen-bond donors (Lipinski definition) is 6. The highest BCUT2D eigenvalue weighted by Gasteiger charge is 2.46. The van der Waals surface area contributed by atoms with Gasteiger partial charge in [0, 0.05) is 63.8 Å². The van der Waals surface area contributed by atoms with Crippen LogP contribution in [0.1, 0.15) is 52.4 Å². The molecule has 2 aromatic rings. The molecule has 0 aliphatic heterocycles. The third-order valence-corrected chi connectivity index (χ3v) is 6.82. The molecule has 0 bridgehead atoms. The highest BCUT2D eigenvalue weighted by molar-refractivity contribution is 5.99. The van der Waals surface area contributed by atoms with Gasteiger partial charge in [-0.05, 0) is 39.5 Å². The summed E-state index contributed by atoms with van der Waals surface area (Å²) in [7, 11) is 0. The zero-order valence-electron chi connectivity index (χ0n) is 24.3. The number of hydrogen-bond acceptors (Lipinski definition) is 8. The minimum absolute atomic E-state index is 0.354. The summed E-state index contributed by atoms with van der Waals surface area (Å²) in [5.74, 6) is -5.73. The minimum Gasteiger partial charge on any atom is -0.480 e. The number of carbonyl (C=O) groups is 6. The molecule has 16 heteroatoms. The van der Waals surface area contributed by atoms with Gasteiger partial charge in [-0.3, -0.25) is 28.8 Å². The summed E-state index contributed by atoms with van der Waals surface area (Å²) >= 11 is 0. The van der Waals surface area contributed by atoms with E-state index in [0.29, 0.717) is 39.0 Å². The Balaban J connectivity index is 1.77. The zero-order valence-corrected chi connectivity index (χ0v) is 24.3. The van der Waals surface area contributed by atoms with Gasteiger partial charge in [0.15, 0.2) is 5.41 Å². The van der Waals surface area contributed by atoms with Crippen LogP contribution in [0.5, 0.6) is 0 Å². The Kier molecular flexibility index (Phi) is 13.8. The molecule has 4 amide bonds. The van der Waals surface area contributed by atoms with Crippen LogP contribution in [0.2, 0.25) is 0 Å². The van der Waals surface area contributed by atoms with Crippen molar-refractivity contribution >= 4 is 35.6 Å². The van der Waals surface area contributed by atoms with Crippen LogP contribution >= 0.6 is 0 Å². The fraction of sp³-hybridized carbons (Fsp3) is 0.556. The highest BCUT2D eigenvalue weighted by atomic mass is 16.4. The van der Waals surface area contributed by atoms with Gasteiger partial charge in [-0.25, -0.2) is 9.97 Å². The van der Waals surface area contributed by atoms with Gasteiger partial charge in [0.05, 0.1) is 12.7 Å². The van der Waals surface area contributed by atoms with Crippen molar-refractivity contribution in [3.05, 3.63) is 37.4 Å². The van der Waals surface area contributed by atoms with E-state index in [0.717, 1.165) is 0 Å². The number of imidazole rings is 2. The van der Waals surface area contributed by atoms with Crippen molar-refractivity contribution in [2.24, 2.45) is 5.41 Å². The van der Waals surface area contributed by atoms with Crippen molar-refractivity contribution in [2.45, 2.75) is 77.5 Å². The average Bonchev–Trinajstić information content (AvgIpc) is 3.67. The molecule has 0 aromatic carbocycles. The van der Waals surface area contributed by atoms with E-state index >= 15 is 0 Å². The molecule has 6 N–H and O–H groups in total. The standard InChI is InChI=1S/C27H40N8O8/c1-19(23(38)30-9-3-13-34-15-11-28-17-34)32-21(36)5-7-27(25(40)41,26(42)43)8-6-22(37)33-20(2)24(39)31-10-4-14-35-16-12-29-18-35/h11-12,15-20H,3-10,13-14H2,1-2H3,(H,30,38)(H,31,39)(H,32,36)(H,33,37)(H,40,41)(H,42,43). The number of aliphatic carboxylic acids is 2. The van der Waals surface area contributed by atoms with Crippen molar-refractivity contribution in [1.29, 1.82) is 0 Å². The number of aromatic nitrogens is 4. The van der Waals surface area contributed by atoms with E-state index in [9.17, 15) is 39.0 Å². The molecule has 16 nitrogen and oxygen atoms in total. The molecule has 2 rings (SSSR count). The summed E-state index contributed by atoms with van der Waals surface area (Å²) < 4.78 is 3.70. The van der Waals surface area contributed by atoms with Gasteiger partial charge in [0.25, 0.3) is 0 Å². The molecule has 2 aromatic heterocycles. The summed E-state index contributed by atoms with van der Waals surface area (Å²) in [6.45, 7) is 4.90. The van der Waals surface area contributed by atoms with E-state index < -0.39 is 78.7 Å². The van der Waals surface area contributed by atoms with Crippen LogP contribution in [-0.2, 0) is 41.9 Å². The third-order valence-electron chi connectivity index (χ3n) is 6.82. The second-order valence-electron chi connectivity index (χ2n) is 10.2. The summed E-state index contributed by atoms with van der Waals surface area (Å²) in [4.78, 5) is 81.4. The Labute approximate surface area is 248 Å². The number of aryl methyl sites for hydroxylation is 2. The lowest BCUT2D eigenvalue weighted by molar-refractivity contribution is -0.166. The smallest absolute Gasteiger partial charge is 0.321 e. The maximum Gasteiger partial charge on any atom is 0.321 e. The number of nitrogens with zero attached hydrogens (tertiary/aromatic N) is 4. The predicted molar refractivity (Wildman–Crippen MR) is 151 cm³/mol. The first kappa shape index (κ1) is 34.4. The largest absolute Gasteiger partial charge is 0.480 e. The van der Waals surface area contributed by atoms with Crippen LogP contribution in [0, 0.1) is 5.41 Å². The van der Waals surface area contributed by atoms with E-state index in [1.165, 1.54) is 13.8 Å². The molecule has 236 valence electrons. The number of carboxylic acids is 2. The first-order valence-corrected chi connectivity index (χ1v) is 14.0. The van der Waals surface area contributed by atoms with Gasteiger partial charge in [0.1, 0.15) is 12.1 Å². The Morgan fingerprint density at radius 1 is 0.721 bits per heavy atom.